The number of aromatic nitrogens is 1. The van der Waals surface area contributed by atoms with Crippen molar-refractivity contribution in [3.8, 4) is 5.75 Å². The summed E-state index contributed by atoms with van der Waals surface area (Å²) in [5.41, 5.74) is 1.54. The summed E-state index contributed by atoms with van der Waals surface area (Å²) in [5, 5.41) is 11.4. The van der Waals surface area contributed by atoms with Crippen molar-refractivity contribution in [1.29, 1.82) is 0 Å². The minimum absolute atomic E-state index is 0. The second-order valence-corrected chi connectivity index (χ2v) is 8.40. The van der Waals surface area contributed by atoms with Crippen molar-refractivity contribution in [2.24, 2.45) is 0 Å². The van der Waals surface area contributed by atoms with Crippen LogP contribution in [0.3, 0.4) is 0 Å². The first-order valence-electron chi connectivity index (χ1n) is 10.3. The van der Waals surface area contributed by atoms with Gasteiger partial charge in [0.05, 0.1) is 21.7 Å². The number of hydrogen-bond donors (Lipinski definition) is 0. The van der Waals surface area contributed by atoms with Crippen LogP contribution in [0.5, 0.6) is 5.75 Å². The second-order valence-electron chi connectivity index (χ2n) is 7.39. The zero-order valence-corrected chi connectivity index (χ0v) is 20.4. The number of carbonyl (C=O) groups excluding carboxylic acids is 1. The molecule has 33 heavy (non-hydrogen) atoms. The minimum Gasteiger partial charge on any atom is -0.494 e. The standard InChI is InChI=1S/C23H26N4O4S.ClH/c1-4-31-19-11-12-20-21(16-19)32-23(24-20)26(15-5-14-25(2)3)22(28)13-8-17-6-9-18(10-7-17)27(29)30;/h6-13,16H,4-5,14-15H2,1-3H3;1H. The number of hydrogen-bond acceptors (Lipinski definition) is 7. The summed E-state index contributed by atoms with van der Waals surface area (Å²) in [6.07, 6.45) is 3.93. The van der Waals surface area contributed by atoms with Gasteiger partial charge in [0.15, 0.2) is 5.13 Å². The lowest BCUT2D eigenvalue weighted by atomic mass is 10.2. The Balaban J connectivity index is 0.00000385. The normalized spacial score (nSPS) is 11.0. The van der Waals surface area contributed by atoms with Crippen LogP contribution in [0, 0.1) is 10.1 Å². The van der Waals surface area contributed by atoms with E-state index in [0.29, 0.717) is 23.8 Å². The fourth-order valence-electron chi connectivity index (χ4n) is 3.07. The van der Waals surface area contributed by atoms with Gasteiger partial charge in [0.25, 0.3) is 11.6 Å². The van der Waals surface area contributed by atoms with Gasteiger partial charge in [-0.05, 0) is 76.0 Å². The third-order valence-corrected chi connectivity index (χ3v) is 5.71. The molecule has 0 aliphatic carbocycles. The topological polar surface area (TPSA) is 88.8 Å². The fourth-order valence-corrected chi connectivity index (χ4v) is 4.10. The lowest BCUT2D eigenvalue weighted by Crippen LogP contribution is -2.32. The molecular formula is C23H27ClN4O4S. The maximum Gasteiger partial charge on any atom is 0.269 e. The van der Waals surface area contributed by atoms with Gasteiger partial charge in [-0.1, -0.05) is 11.3 Å². The number of non-ortho nitro benzene ring substituents is 1. The summed E-state index contributed by atoms with van der Waals surface area (Å²) in [5.74, 6) is 0.588. The molecule has 0 radical (unpaired) electrons. The number of anilines is 1. The fraction of sp³-hybridized carbons (Fsp3) is 0.304. The molecule has 3 aromatic rings. The minimum atomic E-state index is -0.449. The summed E-state index contributed by atoms with van der Waals surface area (Å²) in [7, 11) is 3.99. The third kappa shape index (κ3) is 7.24. The number of carbonyl (C=O) groups is 1. The highest BCUT2D eigenvalue weighted by atomic mass is 35.5. The molecule has 0 saturated heterocycles. The molecule has 0 aliphatic heterocycles. The van der Waals surface area contributed by atoms with Crippen LogP contribution in [-0.4, -0.2) is 54.5 Å². The van der Waals surface area contributed by atoms with Crippen LogP contribution >= 0.6 is 23.7 Å². The Morgan fingerprint density at radius 1 is 1.18 bits per heavy atom. The number of benzene rings is 2. The smallest absolute Gasteiger partial charge is 0.269 e. The zero-order chi connectivity index (χ0) is 23.1. The van der Waals surface area contributed by atoms with Crippen LogP contribution in [0.1, 0.15) is 18.9 Å². The van der Waals surface area contributed by atoms with Crippen LogP contribution in [0.4, 0.5) is 10.8 Å². The largest absolute Gasteiger partial charge is 0.494 e. The van der Waals surface area contributed by atoms with Gasteiger partial charge in [0.1, 0.15) is 5.75 Å². The molecule has 1 heterocycles. The van der Waals surface area contributed by atoms with Gasteiger partial charge in [-0.15, -0.1) is 12.4 Å². The Morgan fingerprint density at radius 2 is 1.91 bits per heavy atom. The van der Waals surface area contributed by atoms with E-state index in [1.165, 1.54) is 29.5 Å². The lowest BCUT2D eigenvalue weighted by molar-refractivity contribution is -0.384. The quantitative estimate of drug-likeness (QED) is 0.225. The SMILES string of the molecule is CCOc1ccc2nc(N(CCCN(C)C)C(=O)C=Cc3ccc([N+](=O)[O-])cc3)sc2c1.Cl. The molecule has 1 aromatic heterocycles. The van der Waals surface area contributed by atoms with E-state index in [9.17, 15) is 14.9 Å². The molecule has 0 spiro atoms. The predicted octanol–water partition coefficient (Wildman–Crippen LogP) is 5.02. The summed E-state index contributed by atoms with van der Waals surface area (Å²) < 4.78 is 6.53. The van der Waals surface area contributed by atoms with Gasteiger partial charge in [0.2, 0.25) is 0 Å². The van der Waals surface area contributed by atoms with Crippen LogP contribution in [-0.2, 0) is 4.79 Å². The molecule has 0 fully saturated rings. The highest BCUT2D eigenvalue weighted by molar-refractivity contribution is 7.22. The highest BCUT2D eigenvalue weighted by Gasteiger charge is 2.18. The maximum atomic E-state index is 13.1. The van der Waals surface area contributed by atoms with Gasteiger partial charge in [-0.2, -0.15) is 0 Å². The average Bonchev–Trinajstić information content (AvgIpc) is 3.18. The Kier molecular flexibility index (Phi) is 9.77. The predicted molar refractivity (Wildman–Crippen MR) is 136 cm³/mol. The first-order chi connectivity index (χ1) is 15.4. The first kappa shape index (κ1) is 26.2. The van der Waals surface area contributed by atoms with E-state index < -0.39 is 4.92 Å². The van der Waals surface area contributed by atoms with Gasteiger partial charge < -0.3 is 9.64 Å². The lowest BCUT2D eigenvalue weighted by Gasteiger charge is -2.19. The second kappa shape index (κ2) is 12.3. The number of nitro groups is 1. The summed E-state index contributed by atoms with van der Waals surface area (Å²) in [6.45, 7) is 3.89. The summed E-state index contributed by atoms with van der Waals surface area (Å²) >= 11 is 1.45. The maximum absolute atomic E-state index is 13.1. The van der Waals surface area contributed by atoms with Gasteiger partial charge >= 0.3 is 0 Å². The molecule has 0 N–H and O–H groups in total. The molecule has 0 bridgehead atoms. The van der Waals surface area contributed by atoms with E-state index in [1.807, 2.05) is 39.2 Å². The van der Waals surface area contributed by atoms with Crippen molar-refractivity contribution < 1.29 is 14.5 Å². The highest BCUT2D eigenvalue weighted by Crippen LogP contribution is 2.32. The van der Waals surface area contributed by atoms with E-state index in [1.54, 1.807) is 23.1 Å². The van der Waals surface area contributed by atoms with Crippen LogP contribution < -0.4 is 9.64 Å². The number of halogens is 1. The summed E-state index contributed by atoms with van der Waals surface area (Å²) in [6, 6.07) is 11.8. The molecule has 176 valence electrons. The molecule has 0 unspecified atom stereocenters. The molecule has 1 amide bonds. The number of fused-ring (bicyclic) bond motifs is 1. The van der Waals surface area contributed by atoms with Gasteiger partial charge in [-0.25, -0.2) is 4.98 Å². The Morgan fingerprint density at radius 3 is 2.55 bits per heavy atom. The van der Waals surface area contributed by atoms with Crippen molar-refractivity contribution in [2.75, 3.05) is 38.7 Å². The number of rotatable bonds is 10. The Labute approximate surface area is 203 Å². The molecule has 0 saturated carbocycles. The van der Waals surface area contributed by atoms with E-state index in [0.717, 1.165) is 28.9 Å². The summed E-state index contributed by atoms with van der Waals surface area (Å²) in [4.78, 5) is 31.9. The molecule has 0 atom stereocenters. The molecule has 8 nitrogen and oxygen atoms in total. The van der Waals surface area contributed by atoms with Crippen molar-refractivity contribution in [1.82, 2.24) is 9.88 Å². The van der Waals surface area contributed by atoms with Crippen molar-refractivity contribution in [2.45, 2.75) is 13.3 Å². The van der Waals surface area contributed by atoms with E-state index in [-0.39, 0.29) is 24.0 Å². The van der Waals surface area contributed by atoms with E-state index >= 15 is 0 Å². The molecule has 3 rings (SSSR count). The molecule has 2 aromatic carbocycles. The molecule has 0 aliphatic rings. The Bertz CT molecular complexity index is 1120. The van der Waals surface area contributed by atoms with Gasteiger partial charge in [0, 0.05) is 24.8 Å². The monoisotopic (exact) mass is 490 g/mol. The average molecular weight is 491 g/mol. The third-order valence-electron chi connectivity index (χ3n) is 4.67. The van der Waals surface area contributed by atoms with Crippen LogP contribution in [0.2, 0.25) is 0 Å². The molecule has 10 heteroatoms. The van der Waals surface area contributed by atoms with Crippen molar-refractivity contribution >= 4 is 56.8 Å². The number of nitrogens with zero attached hydrogens (tertiary/aromatic N) is 4. The van der Waals surface area contributed by atoms with E-state index in [2.05, 4.69) is 9.88 Å². The first-order valence-corrected chi connectivity index (χ1v) is 11.1. The Hall–Kier alpha value is -3.01. The van der Waals surface area contributed by atoms with Crippen molar-refractivity contribution in [3.05, 3.63) is 64.2 Å². The van der Waals surface area contributed by atoms with E-state index in [4.69, 9.17) is 4.74 Å². The van der Waals surface area contributed by atoms with Gasteiger partial charge in [-0.3, -0.25) is 19.8 Å². The van der Waals surface area contributed by atoms with Crippen LogP contribution in [0.25, 0.3) is 16.3 Å². The number of ether oxygens (including phenoxy) is 1. The molecular weight excluding hydrogens is 464 g/mol. The zero-order valence-electron chi connectivity index (χ0n) is 18.8. The van der Waals surface area contributed by atoms with Crippen LogP contribution in [0.15, 0.2) is 48.5 Å². The number of nitro benzene ring substituents is 1. The van der Waals surface area contributed by atoms with Crippen molar-refractivity contribution in [3.63, 3.8) is 0 Å². The number of thiazole rings is 1. The number of amides is 1.